The molecule has 0 saturated carbocycles. The van der Waals surface area contributed by atoms with Crippen molar-refractivity contribution in [3.05, 3.63) is 53.6 Å². The second kappa shape index (κ2) is 7.38. The van der Waals surface area contributed by atoms with Gasteiger partial charge < -0.3 is 14.4 Å². The van der Waals surface area contributed by atoms with Crippen LogP contribution in [-0.4, -0.2) is 61.7 Å². The van der Waals surface area contributed by atoms with E-state index in [4.69, 9.17) is 14.6 Å². The van der Waals surface area contributed by atoms with Crippen molar-refractivity contribution in [2.24, 2.45) is 0 Å². The number of benzene rings is 1. The summed E-state index contributed by atoms with van der Waals surface area (Å²) in [6.07, 6.45) is 3.45. The number of ether oxygens (including phenoxy) is 2. The van der Waals surface area contributed by atoms with Gasteiger partial charge >= 0.3 is 0 Å². The minimum Gasteiger partial charge on any atom is -0.497 e. The second-order valence-electron chi connectivity index (χ2n) is 7.18. The Labute approximate surface area is 173 Å². The van der Waals surface area contributed by atoms with Crippen LogP contribution in [0.15, 0.2) is 36.7 Å². The molecule has 1 unspecified atom stereocenters. The molecule has 1 aliphatic rings. The van der Waals surface area contributed by atoms with Crippen LogP contribution in [0.3, 0.4) is 0 Å². The number of fused-ring (bicyclic) bond motifs is 1. The predicted octanol–water partition coefficient (Wildman–Crippen LogP) is 1.91. The molecule has 10 heteroatoms. The molecule has 4 heterocycles. The number of anilines is 1. The maximum atomic E-state index is 5.86. The Kier molecular flexibility index (Phi) is 4.55. The van der Waals surface area contributed by atoms with Crippen molar-refractivity contribution < 1.29 is 9.47 Å². The molecule has 4 aromatic rings. The standard InChI is InChI=1S/C20H22N8O2/c1-13-18(14(2)28(23-13)15-5-4-6-16(11-15)29-3)17-12-30-10-9-26(17)19-20-22-24-25-27(20)8-7-21-19/h4-8,11,17H,9-10,12H2,1-3H3. The fraction of sp³-hybridized carbons (Fsp3) is 0.350. The number of hydrogen-bond acceptors (Lipinski definition) is 8. The maximum Gasteiger partial charge on any atom is 0.222 e. The zero-order valence-corrected chi connectivity index (χ0v) is 17.1. The Morgan fingerprint density at radius 2 is 2.13 bits per heavy atom. The lowest BCUT2D eigenvalue weighted by molar-refractivity contribution is 0.0934. The van der Waals surface area contributed by atoms with E-state index in [1.165, 1.54) is 0 Å². The lowest BCUT2D eigenvalue weighted by atomic mass is 10.0. The summed E-state index contributed by atoms with van der Waals surface area (Å²) < 4.78 is 14.8. The second-order valence-corrected chi connectivity index (χ2v) is 7.18. The fourth-order valence-electron chi connectivity index (χ4n) is 4.10. The molecule has 154 valence electrons. The Balaban J connectivity index is 1.60. The van der Waals surface area contributed by atoms with Gasteiger partial charge in [-0.1, -0.05) is 6.07 Å². The molecule has 0 spiro atoms. The van der Waals surface area contributed by atoms with Gasteiger partial charge in [-0.25, -0.2) is 9.67 Å². The van der Waals surface area contributed by atoms with Crippen LogP contribution in [0.5, 0.6) is 5.75 Å². The molecular weight excluding hydrogens is 384 g/mol. The van der Waals surface area contributed by atoms with Gasteiger partial charge in [0, 0.05) is 30.1 Å². The molecule has 0 N–H and O–H groups in total. The molecule has 0 bridgehead atoms. The minimum absolute atomic E-state index is 0.0477. The summed E-state index contributed by atoms with van der Waals surface area (Å²) >= 11 is 0. The predicted molar refractivity (Wildman–Crippen MR) is 109 cm³/mol. The molecular formula is C20H22N8O2. The summed E-state index contributed by atoms with van der Waals surface area (Å²) in [5.74, 6) is 1.53. The first-order valence-corrected chi connectivity index (χ1v) is 9.75. The van der Waals surface area contributed by atoms with Crippen LogP contribution in [-0.2, 0) is 4.74 Å². The number of hydrogen-bond donors (Lipinski definition) is 0. The number of nitrogens with zero attached hydrogens (tertiary/aromatic N) is 8. The highest BCUT2D eigenvalue weighted by atomic mass is 16.5. The highest BCUT2D eigenvalue weighted by Crippen LogP contribution is 2.34. The summed E-state index contributed by atoms with van der Waals surface area (Å²) in [4.78, 5) is 6.80. The Morgan fingerprint density at radius 1 is 1.23 bits per heavy atom. The number of methoxy groups -OCH3 is 1. The zero-order chi connectivity index (χ0) is 20.7. The van der Waals surface area contributed by atoms with Crippen molar-refractivity contribution in [3.8, 4) is 11.4 Å². The molecule has 0 aliphatic carbocycles. The maximum absolute atomic E-state index is 5.86. The first-order valence-electron chi connectivity index (χ1n) is 9.75. The number of rotatable bonds is 4. The molecule has 0 radical (unpaired) electrons. The average Bonchev–Trinajstić information content (AvgIpc) is 3.38. The van der Waals surface area contributed by atoms with Gasteiger partial charge in [0.1, 0.15) is 5.75 Å². The first-order chi connectivity index (χ1) is 14.7. The van der Waals surface area contributed by atoms with E-state index in [0.717, 1.165) is 34.2 Å². The molecule has 5 rings (SSSR count). The third kappa shape index (κ3) is 2.96. The topological polar surface area (TPSA) is 95.5 Å². The van der Waals surface area contributed by atoms with Crippen LogP contribution >= 0.6 is 0 Å². The van der Waals surface area contributed by atoms with Crippen molar-refractivity contribution in [3.63, 3.8) is 0 Å². The van der Waals surface area contributed by atoms with Crippen LogP contribution in [0.25, 0.3) is 11.3 Å². The number of aryl methyl sites for hydroxylation is 1. The van der Waals surface area contributed by atoms with Gasteiger partial charge in [-0.2, -0.15) is 9.61 Å². The van der Waals surface area contributed by atoms with Crippen molar-refractivity contribution in [2.45, 2.75) is 19.9 Å². The van der Waals surface area contributed by atoms with Crippen molar-refractivity contribution >= 4 is 11.5 Å². The quantitative estimate of drug-likeness (QED) is 0.507. The van der Waals surface area contributed by atoms with E-state index in [-0.39, 0.29) is 6.04 Å². The first kappa shape index (κ1) is 18.5. The van der Waals surface area contributed by atoms with Gasteiger partial charge in [-0.05, 0) is 36.4 Å². The van der Waals surface area contributed by atoms with Crippen LogP contribution in [0.4, 0.5) is 5.82 Å². The molecule has 1 saturated heterocycles. The van der Waals surface area contributed by atoms with Crippen LogP contribution in [0.2, 0.25) is 0 Å². The zero-order valence-electron chi connectivity index (χ0n) is 17.1. The Bertz CT molecular complexity index is 1200. The van der Waals surface area contributed by atoms with Crippen molar-refractivity contribution in [1.29, 1.82) is 0 Å². The molecule has 1 atom stereocenters. The van der Waals surface area contributed by atoms with Gasteiger partial charge in [0.15, 0.2) is 5.82 Å². The van der Waals surface area contributed by atoms with Gasteiger partial charge in [-0.15, -0.1) is 5.10 Å². The highest BCUT2D eigenvalue weighted by Gasteiger charge is 2.32. The van der Waals surface area contributed by atoms with Gasteiger partial charge in [0.25, 0.3) is 0 Å². The third-order valence-corrected chi connectivity index (χ3v) is 5.48. The molecule has 3 aromatic heterocycles. The third-order valence-electron chi connectivity index (χ3n) is 5.48. The van der Waals surface area contributed by atoms with E-state index >= 15 is 0 Å². The summed E-state index contributed by atoms with van der Waals surface area (Å²) in [6, 6.07) is 7.83. The molecule has 1 aliphatic heterocycles. The lowest BCUT2D eigenvalue weighted by Gasteiger charge is -2.36. The SMILES string of the molecule is COc1cccc(-n2nc(C)c(C3COCCN3c3nccn4nnnc34)c2C)c1. The summed E-state index contributed by atoms with van der Waals surface area (Å²) in [7, 11) is 1.66. The van der Waals surface area contributed by atoms with E-state index in [1.54, 1.807) is 24.0 Å². The normalized spacial score (nSPS) is 16.9. The van der Waals surface area contributed by atoms with Crippen molar-refractivity contribution in [2.75, 3.05) is 31.8 Å². The summed E-state index contributed by atoms with van der Waals surface area (Å²) in [6.45, 7) is 5.94. The lowest BCUT2D eigenvalue weighted by Crippen LogP contribution is -2.41. The fourth-order valence-corrected chi connectivity index (χ4v) is 4.10. The monoisotopic (exact) mass is 406 g/mol. The van der Waals surface area contributed by atoms with E-state index in [1.807, 2.05) is 35.9 Å². The van der Waals surface area contributed by atoms with E-state index in [0.29, 0.717) is 25.4 Å². The highest BCUT2D eigenvalue weighted by molar-refractivity contribution is 5.64. The number of tetrazole rings is 1. The minimum atomic E-state index is -0.0477. The van der Waals surface area contributed by atoms with Crippen LogP contribution in [0, 0.1) is 13.8 Å². The molecule has 10 nitrogen and oxygen atoms in total. The summed E-state index contributed by atoms with van der Waals surface area (Å²) in [5.41, 5.74) is 4.69. The van der Waals surface area contributed by atoms with E-state index in [9.17, 15) is 0 Å². The van der Waals surface area contributed by atoms with E-state index < -0.39 is 0 Å². The van der Waals surface area contributed by atoms with Gasteiger partial charge in [0.2, 0.25) is 5.65 Å². The number of morpholine rings is 1. The van der Waals surface area contributed by atoms with Crippen LogP contribution < -0.4 is 9.64 Å². The van der Waals surface area contributed by atoms with E-state index in [2.05, 4.69) is 32.3 Å². The van der Waals surface area contributed by atoms with Crippen molar-refractivity contribution in [1.82, 2.24) is 34.8 Å². The number of aromatic nitrogens is 7. The molecule has 30 heavy (non-hydrogen) atoms. The largest absolute Gasteiger partial charge is 0.497 e. The molecule has 1 fully saturated rings. The summed E-state index contributed by atoms with van der Waals surface area (Å²) in [5, 5.41) is 16.8. The average molecular weight is 406 g/mol. The smallest absolute Gasteiger partial charge is 0.222 e. The van der Waals surface area contributed by atoms with Crippen LogP contribution in [0.1, 0.15) is 23.0 Å². The van der Waals surface area contributed by atoms with Gasteiger partial charge in [-0.3, -0.25) is 0 Å². The molecule has 0 amide bonds. The van der Waals surface area contributed by atoms with Gasteiger partial charge in [0.05, 0.1) is 43.9 Å². The molecule has 1 aromatic carbocycles. The Morgan fingerprint density at radius 3 is 3.00 bits per heavy atom. The Hall–Kier alpha value is -3.53.